The standard InChI is InChI=1S/C13H7ClFNO3S/c14-20(17,18)10-5-6-13(11(15)7-10)19-12-4-2-1-3-9(12)8-16/h1-7H. The van der Waals surface area contributed by atoms with E-state index >= 15 is 0 Å². The molecule has 0 spiro atoms. The van der Waals surface area contributed by atoms with E-state index in [9.17, 15) is 12.8 Å². The Kier molecular flexibility index (Phi) is 3.93. The molecule has 4 nitrogen and oxygen atoms in total. The summed E-state index contributed by atoms with van der Waals surface area (Å²) in [7, 11) is 1.11. The molecule has 20 heavy (non-hydrogen) atoms. The molecule has 0 aliphatic rings. The topological polar surface area (TPSA) is 67.2 Å². The van der Waals surface area contributed by atoms with E-state index < -0.39 is 14.9 Å². The molecule has 0 N–H and O–H groups in total. The van der Waals surface area contributed by atoms with Gasteiger partial charge in [0.1, 0.15) is 11.8 Å². The second-order valence-corrected chi connectivity index (χ2v) is 6.31. The SMILES string of the molecule is N#Cc1ccccc1Oc1ccc(S(=O)(=O)Cl)cc1F. The van der Waals surface area contributed by atoms with Crippen LogP contribution < -0.4 is 4.74 Å². The third-order valence-electron chi connectivity index (χ3n) is 2.41. The zero-order chi connectivity index (χ0) is 14.8. The summed E-state index contributed by atoms with van der Waals surface area (Å²) >= 11 is 0. The lowest BCUT2D eigenvalue weighted by molar-refractivity contribution is 0.439. The first-order valence-electron chi connectivity index (χ1n) is 5.33. The Morgan fingerprint density at radius 1 is 1.15 bits per heavy atom. The van der Waals surface area contributed by atoms with Crippen molar-refractivity contribution in [3.63, 3.8) is 0 Å². The summed E-state index contributed by atoms with van der Waals surface area (Å²) in [6.07, 6.45) is 0. The number of ether oxygens (including phenoxy) is 1. The predicted molar refractivity (Wildman–Crippen MR) is 70.7 cm³/mol. The summed E-state index contributed by atoms with van der Waals surface area (Å²) in [6.45, 7) is 0. The molecular weight excluding hydrogens is 305 g/mol. The number of halogens is 2. The molecule has 0 atom stereocenters. The molecule has 0 heterocycles. The normalized spacial score (nSPS) is 10.8. The molecule has 0 saturated carbocycles. The van der Waals surface area contributed by atoms with E-state index in [1.54, 1.807) is 12.1 Å². The molecule has 0 bridgehead atoms. The van der Waals surface area contributed by atoms with Crippen LogP contribution in [0.2, 0.25) is 0 Å². The molecule has 102 valence electrons. The summed E-state index contributed by atoms with van der Waals surface area (Å²) in [6, 6.07) is 11.2. The molecule has 0 unspecified atom stereocenters. The van der Waals surface area contributed by atoms with Crippen LogP contribution >= 0.6 is 10.7 Å². The van der Waals surface area contributed by atoms with Crippen molar-refractivity contribution in [1.29, 1.82) is 5.26 Å². The van der Waals surface area contributed by atoms with Gasteiger partial charge >= 0.3 is 0 Å². The summed E-state index contributed by atoms with van der Waals surface area (Å²) in [5, 5.41) is 8.90. The number of hydrogen-bond acceptors (Lipinski definition) is 4. The van der Waals surface area contributed by atoms with Gasteiger partial charge in [0.05, 0.1) is 10.5 Å². The van der Waals surface area contributed by atoms with Gasteiger partial charge in [-0.2, -0.15) is 5.26 Å². The van der Waals surface area contributed by atoms with Crippen LogP contribution in [0, 0.1) is 17.1 Å². The van der Waals surface area contributed by atoms with Crippen molar-refractivity contribution in [3.8, 4) is 17.6 Å². The summed E-state index contributed by atoms with van der Waals surface area (Å²) in [5.41, 5.74) is 0.237. The monoisotopic (exact) mass is 311 g/mol. The first-order chi connectivity index (χ1) is 9.41. The van der Waals surface area contributed by atoms with Crippen LogP contribution in [0.4, 0.5) is 4.39 Å². The Morgan fingerprint density at radius 3 is 2.45 bits per heavy atom. The highest BCUT2D eigenvalue weighted by Gasteiger charge is 2.15. The highest BCUT2D eigenvalue weighted by Crippen LogP contribution is 2.29. The molecule has 0 radical (unpaired) electrons. The molecule has 0 aliphatic carbocycles. The number of nitrogens with zero attached hydrogens (tertiary/aromatic N) is 1. The lowest BCUT2D eigenvalue weighted by atomic mass is 10.2. The first kappa shape index (κ1) is 14.3. The minimum atomic E-state index is -4.00. The van der Waals surface area contributed by atoms with Crippen LogP contribution in [-0.4, -0.2) is 8.42 Å². The van der Waals surface area contributed by atoms with E-state index in [4.69, 9.17) is 20.7 Å². The van der Waals surface area contributed by atoms with Crippen LogP contribution in [-0.2, 0) is 9.05 Å². The van der Waals surface area contributed by atoms with E-state index in [-0.39, 0.29) is 22.0 Å². The predicted octanol–water partition coefficient (Wildman–Crippen LogP) is 3.42. The fraction of sp³-hybridized carbons (Fsp3) is 0. The van der Waals surface area contributed by atoms with Gasteiger partial charge in [-0.1, -0.05) is 12.1 Å². The molecule has 0 fully saturated rings. The van der Waals surface area contributed by atoms with E-state index in [0.717, 1.165) is 18.2 Å². The largest absolute Gasteiger partial charge is 0.453 e. The summed E-state index contributed by atoms with van der Waals surface area (Å²) < 4.78 is 41.2. The minimum Gasteiger partial charge on any atom is -0.453 e. The third kappa shape index (κ3) is 3.07. The molecular formula is C13H7ClFNO3S. The summed E-state index contributed by atoms with van der Waals surface area (Å²) in [4.78, 5) is -0.363. The quantitative estimate of drug-likeness (QED) is 0.815. The Bertz CT molecular complexity index is 800. The lowest BCUT2D eigenvalue weighted by Crippen LogP contribution is -1.95. The van der Waals surface area contributed by atoms with Crippen molar-refractivity contribution in [3.05, 3.63) is 53.8 Å². The molecule has 0 saturated heterocycles. The highest BCUT2D eigenvalue weighted by molar-refractivity contribution is 8.13. The van der Waals surface area contributed by atoms with Gasteiger partial charge in [-0.15, -0.1) is 0 Å². The average molecular weight is 312 g/mol. The number of rotatable bonds is 3. The zero-order valence-electron chi connectivity index (χ0n) is 9.88. The second-order valence-electron chi connectivity index (χ2n) is 3.74. The van der Waals surface area contributed by atoms with Gasteiger partial charge in [0, 0.05) is 10.7 Å². The van der Waals surface area contributed by atoms with Crippen molar-refractivity contribution in [2.45, 2.75) is 4.90 Å². The van der Waals surface area contributed by atoms with Crippen molar-refractivity contribution in [2.24, 2.45) is 0 Å². The number of benzene rings is 2. The highest BCUT2D eigenvalue weighted by atomic mass is 35.7. The maximum atomic E-state index is 13.8. The second kappa shape index (κ2) is 5.49. The van der Waals surface area contributed by atoms with Crippen molar-refractivity contribution < 1.29 is 17.5 Å². The maximum absolute atomic E-state index is 13.8. The fourth-order valence-corrected chi connectivity index (χ4v) is 2.25. The van der Waals surface area contributed by atoms with E-state index in [1.165, 1.54) is 12.1 Å². The molecule has 2 aromatic rings. The molecule has 2 rings (SSSR count). The lowest BCUT2D eigenvalue weighted by Gasteiger charge is -2.08. The van der Waals surface area contributed by atoms with Crippen LogP contribution in [0.1, 0.15) is 5.56 Å². The van der Waals surface area contributed by atoms with Crippen LogP contribution in [0.15, 0.2) is 47.4 Å². The number of hydrogen-bond donors (Lipinski definition) is 0. The minimum absolute atomic E-state index is 0.176. The smallest absolute Gasteiger partial charge is 0.261 e. The van der Waals surface area contributed by atoms with Gasteiger partial charge in [-0.3, -0.25) is 0 Å². The van der Waals surface area contributed by atoms with E-state index in [0.29, 0.717) is 0 Å². The first-order valence-corrected chi connectivity index (χ1v) is 7.64. The van der Waals surface area contributed by atoms with Gasteiger partial charge in [-0.25, -0.2) is 12.8 Å². The van der Waals surface area contributed by atoms with Gasteiger partial charge in [0.25, 0.3) is 9.05 Å². The van der Waals surface area contributed by atoms with Gasteiger partial charge in [0.15, 0.2) is 11.6 Å². The van der Waals surface area contributed by atoms with Crippen LogP contribution in [0.25, 0.3) is 0 Å². The fourth-order valence-electron chi connectivity index (χ4n) is 1.48. The molecule has 0 amide bonds. The average Bonchev–Trinajstić information content (AvgIpc) is 2.40. The summed E-state index contributed by atoms with van der Waals surface area (Å²) in [5.74, 6) is -0.911. The van der Waals surface area contributed by atoms with Gasteiger partial charge in [-0.05, 0) is 30.3 Å². The Labute approximate surface area is 119 Å². The Balaban J connectivity index is 2.39. The third-order valence-corrected chi connectivity index (χ3v) is 3.76. The number of para-hydroxylation sites is 1. The van der Waals surface area contributed by atoms with E-state index in [1.807, 2.05) is 6.07 Å². The molecule has 0 aliphatic heterocycles. The van der Waals surface area contributed by atoms with Gasteiger partial charge in [0.2, 0.25) is 0 Å². The number of nitriles is 1. The Hall–Kier alpha value is -2.10. The Morgan fingerprint density at radius 2 is 1.85 bits per heavy atom. The van der Waals surface area contributed by atoms with Crippen molar-refractivity contribution >= 4 is 19.7 Å². The molecule has 7 heteroatoms. The van der Waals surface area contributed by atoms with Crippen LogP contribution in [0.5, 0.6) is 11.5 Å². The zero-order valence-corrected chi connectivity index (χ0v) is 11.5. The van der Waals surface area contributed by atoms with Crippen molar-refractivity contribution in [2.75, 3.05) is 0 Å². The van der Waals surface area contributed by atoms with Crippen molar-refractivity contribution in [1.82, 2.24) is 0 Å². The van der Waals surface area contributed by atoms with Gasteiger partial charge < -0.3 is 4.74 Å². The maximum Gasteiger partial charge on any atom is 0.261 e. The molecule has 0 aromatic heterocycles. The van der Waals surface area contributed by atoms with E-state index in [2.05, 4.69) is 0 Å². The van der Waals surface area contributed by atoms with Crippen LogP contribution in [0.3, 0.4) is 0 Å². The molecule has 2 aromatic carbocycles.